The van der Waals surface area contributed by atoms with Gasteiger partial charge in [0.1, 0.15) is 24.2 Å². The number of carbonyl (C=O) groups excluding carboxylic acids is 7. The summed E-state index contributed by atoms with van der Waals surface area (Å²) in [6.45, 7) is 9.73. The number of ether oxygens (including phenoxy) is 3. The number of fused-ring (bicyclic) bond motifs is 2. The van der Waals surface area contributed by atoms with Crippen LogP contribution in [0.2, 0.25) is 0 Å². The van der Waals surface area contributed by atoms with Gasteiger partial charge in [-0.2, -0.15) is 5.10 Å². The van der Waals surface area contributed by atoms with Crippen LogP contribution in [0.1, 0.15) is 93.4 Å². The zero-order chi connectivity index (χ0) is 44.9. The highest BCUT2D eigenvalue weighted by Gasteiger charge is 2.57. The second-order valence-corrected chi connectivity index (χ2v) is 16.8. The van der Waals surface area contributed by atoms with Crippen molar-refractivity contribution < 1.29 is 68.4 Å². The van der Waals surface area contributed by atoms with Crippen LogP contribution in [-0.2, 0) is 47.8 Å². The lowest BCUT2D eigenvalue weighted by Gasteiger charge is -2.47. The first-order chi connectivity index (χ1) is 28.1. The molecular formula is C38H62N8O14. The van der Waals surface area contributed by atoms with Gasteiger partial charge in [0.05, 0.1) is 19.3 Å². The highest BCUT2D eigenvalue weighted by atomic mass is 16.6. The van der Waals surface area contributed by atoms with Gasteiger partial charge >= 0.3 is 5.97 Å². The lowest BCUT2D eigenvalue weighted by atomic mass is 9.79. The van der Waals surface area contributed by atoms with Crippen molar-refractivity contribution in [3.8, 4) is 0 Å². The number of nitrogens with one attached hydrogen (secondary N) is 3. The number of aliphatic hydroxyl groups is 2. The summed E-state index contributed by atoms with van der Waals surface area (Å²) in [5.41, 5.74) is 0.0616. The Hall–Kier alpha value is -4.32. The minimum atomic E-state index is -2.72. The van der Waals surface area contributed by atoms with Crippen LogP contribution < -0.4 is 16.1 Å². The number of hydroxylamine groups is 4. The molecule has 22 nitrogen and oxygen atoms in total. The molecule has 0 spiro atoms. The molecular weight excluding hydrogens is 792 g/mol. The maximum absolute atomic E-state index is 14.8. The van der Waals surface area contributed by atoms with Crippen LogP contribution in [0.25, 0.3) is 0 Å². The Morgan fingerprint density at radius 2 is 1.70 bits per heavy atom. The van der Waals surface area contributed by atoms with E-state index >= 15 is 0 Å². The molecule has 4 aliphatic rings. The molecule has 0 saturated carbocycles. The van der Waals surface area contributed by atoms with E-state index in [9.17, 15) is 54.2 Å². The first-order valence-corrected chi connectivity index (χ1v) is 20.4. The molecule has 10 atom stereocenters. The number of cyclic esters (lactones) is 1. The molecule has 3 saturated heterocycles. The molecule has 4 heterocycles. The van der Waals surface area contributed by atoms with Crippen molar-refractivity contribution in [2.24, 2.45) is 22.9 Å². The van der Waals surface area contributed by atoms with E-state index in [4.69, 9.17) is 14.2 Å². The largest absolute Gasteiger partial charge is 0.458 e. The molecule has 0 aliphatic carbocycles. The lowest BCUT2D eigenvalue weighted by Crippen LogP contribution is -2.70. The molecule has 6 amide bonds. The molecule has 0 bridgehead atoms. The summed E-state index contributed by atoms with van der Waals surface area (Å²) >= 11 is 0. The van der Waals surface area contributed by atoms with Gasteiger partial charge in [-0.3, -0.25) is 44.2 Å². The summed E-state index contributed by atoms with van der Waals surface area (Å²) in [6, 6.07) is -8.47. The van der Waals surface area contributed by atoms with E-state index in [-0.39, 0.29) is 54.7 Å². The van der Waals surface area contributed by atoms with Crippen LogP contribution in [0.15, 0.2) is 5.10 Å². The van der Waals surface area contributed by atoms with E-state index in [1.807, 2.05) is 13.8 Å². The molecule has 0 aromatic rings. The predicted molar refractivity (Wildman–Crippen MR) is 207 cm³/mol. The van der Waals surface area contributed by atoms with Crippen LogP contribution in [0.4, 0.5) is 0 Å². The number of esters is 1. The number of hydrogen-bond donors (Lipinski definition) is 7. The topological polar surface area (TPSA) is 290 Å². The second kappa shape index (κ2) is 20.0. The molecule has 3 fully saturated rings. The second-order valence-electron chi connectivity index (χ2n) is 16.8. The zero-order valence-electron chi connectivity index (χ0n) is 35.5. The van der Waals surface area contributed by atoms with Crippen LogP contribution >= 0.6 is 0 Å². The number of rotatable bonds is 8. The highest BCUT2D eigenvalue weighted by Crippen LogP contribution is 2.40. The minimum absolute atomic E-state index is 0.0104. The van der Waals surface area contributed by atoms with Crippen LogP contribution in [0.5, 0.6) is 0 Å². The van der Waals surface area contributed by atoms with Gasteiger partial charge in [0.15, 0.2) is 17.7 Å². The molecule has 7 N–H and O–H groups in total. The number of hydrogen-bond acceptors (Lipinski definition) is 16. The quantitative estimate of drug-likeness (QED) is 0.111. The number of hydrazone groups is 1. The fraction of sp³-hybridized carbons (Fsp3) is 0.789. The normalized spacial score (nSPS) is 33.0. The molecule has 0 aromatic carbocycles. The highest BCUT2D eigenvalue weighted by molar-refractivity contribution is 5.97. The maximum Gasteiger partial charge on any atom is 0.331 e. The smallest absolute Gasteiger partial charge is 0.331 e. The summed E-state index contributed by atoms with van der Waals surface area (Å²) in [7, 11) is 1.19. The fourth-order valence-electron chi connectivity index (χ4n) is 7.84. The summed E-state index contributed by atoms with van der Waals surface area (Å²) in [4.78, 5) is 97.4. The van der Waals surface area contributed by atoms with Gasteiger partial charge in [0.2, 0.25) is 11.7 Å². The van der Waals surface area contributed by atoms with Crippen molar-refractivity contribution in [3.63, 3.8) is 0 Å². The average Bonchev–Trinajstić information content (AvgIpc) is 3.21. The average molecular weight is 855 g/mol. The molecule has 0 unspecified atom stereocenters. The molecule has 22 heteroatoms. The third-order valence-electron chi connectivity index (χ3n) is 11.5. The Labute approximate surface area is 348 Å². The molecule has 0 radical (unpaired) electrons. The lowest BCUT2D eigenvalue weighted by molar-refractivity contribution is -0.326. The molecule has 4 aliphatic heterocycles. The van der Waals surface area contributed by atoms with Crippen LogP contribution in [-0.4, -0.2) is 169 Å². The van der Waals surface area contributed by atoms with Crippen molar-refractivity contribution in [1.29, 1.82) is 0 Å². The van der Waals surface area contributed by atoms with Crippen LogP contribution in [0, 0.1) is 17.8 Å². The maximum atomic E-state index is 14.8. The van der Waals surface area contributed by atoms with Gasteiger partial charge in [0.25, 0.3) is 29.5 Å². The van der Waals surface area contributed by atoms with E-state index < -0.39 is 114 Å². The molecule has 60 heavy (non-hydrogen) atoms. The standard InChI is InChI=1S/C38H62N8O14/c1-20(2)17-24-13-14-38(55,60-23(24)6)37(7,54)36(53)42-29-30(21(3)4)59-35(52)22(5)45(56)32(49)25-11-9-15-40-43(25)28(47)18-39-31(48)27(19-58-8)46(57)33(50)26-12-10-16-41-44(26)34(29)51/h15,20-27,29-30,41,54-57H,9-14,16-19H2,1-8H3,(H,39,48)(H,42,53)/t22-,23-,24-,25-,26+,27+,29-,30-,37-,38-/m0/s1. The van der Waals surface area contributed by atoms with Crippen molar-refractivity contribution in [2.75, 3.05) is 26.8 Å². The van der Waals surface area contributed by atoms with Gasteiger partial charge in [-0.15, -0.1) is 0 Å². The SMILES string of the molecule is COC[C@@H]1C(=O)NCC(=O)N2N=CCC[C@H]2C(=O)N(O)[C@@H](C)C(=O)O[C@@H](C(C)C)[C@H](NC(=O)[C@](C)(O)[C@]2(O)CC[C@@H](CC(C)C)[C@H](C)O2)C(=O)N2NCCC[C@@H]2C(=O)N1O. The van der Waals surface area contributed by atoms with E-state index in [1.165, 1.54) is 27.2 Å². The van der Waals surface area contributed by atoms with E-state index in [0.29, 0.717) is 12.3 Å². The van der Waals surface area contributed by atoms with Crippen molar-refractivity contribution >= 4 is 47.6 Å². The summed E-state index contributed by atoms with van der Waals surface area (Å²) in [5, 5.41) is 56.2. The van der Waals surface area contributed by atoms with E-state index in [1.54, 1.807) is 6.92 Å². The number of amides is 6. The molecule has 338 valence electrons. The molecule has 0 aromatic heterocycles. The number of carbonyl (C=O) groups is 7. The minimum Gasteiger partial charge on any atom is -0.458 e. The Bertz CT molecular complexity index is 1650. The Morgan fingerprint density at radius 1 is 1.03 bits per heavy atom. The number of hydrazine groups is 1. The third kappa shape index (κ3) is 10.4. The number of nitrogens with zero attached hydrogens (tertiary/aromatic N) is 5. The number of methoxy groups -OCH3 is 1. The monoisotopic (exact) mass is 854 g/mol. The summed E-state index contributed by atoms with van der Waals surface area (Å²) < 4.78 is 16.8. The first-order valence-electron chi connectivity index (χ1n) is 20.4. The summed E-state index contributed by atoms with van der Waals surface area (Å²) in [6.07, 6.45) is 0.467. The summed E-state index contributed by atoms with van der Waals surface area (Å²) in [5.74, 6) is -10.9. The predicted octanol–water partition coefficient (Wildman–Crippen LogP) is -1.22. The Kier molecular flexibility index (Phi) is 16.1. The fourth-order valence-corrected chi connectivity index (χ4v) is 7.84. The Balaban J connectivity index is 1.80. The molecule has 4 rings (SSSR count). The van der Waals surface area contributed by atoms with Gasteiger partial charge < -0.3 is 35.1 Å². The van der Waals surface area contributed by atoms with Crippen LogP contribution in [0.3, 0.4) is 0 Å². The Morgan fingerprint density at radius 3 is 2.32 bits per heavy atom. The van der Waals surface area contributed by atoms with Gasteiger partial charge in [0, 0.05) is 26.3 Å². The van der Waals surface area contributed by atoms with Crippen molar-refractivity contribution in [1.82, 2.24) is 36.2 Å². The van der Waals surface area contributed by atoms with Crippen molar-refractivity contribution in [2.45, 2.75) is 147 Å². The van der Waals surface area contributed by atoms with Gasteiger partial charge in [-0.1, -0.05) is 27.7 Å². The first kappa shape index (κ1) is 48.3. The van der Waals surface area contributed by atoms with Gasteiger partial charge in [-0.25, -0.2) is 25.4 Å². The van der Waals surface area contributed by atoms with E-state index in [2.05, 4.69) is 21.2 Å². The van der Waals surface area contributed by atoms with E-state index in [0.717, 1.165) is 30.3 Å². The van der Waals surface area contributed by atoms with Crippen molar-refractivity contribution in [3.05, 3.63) is 0 Å². The van der Waals surface area contributed by atoms with Gasteiger partial charge in [-0.05, 0) is 77.0 Å². The zero-order valence-corrected chi connectivity index (χ0v) is 35.5. The third-order valence-corrected chi connectivity index (χ3v) is 11.5.